The molecule has 1 aromatic carbocycles. The summed E-state index contributed by atoms with van der Waals surface area (Å²) >= 11 is 8.22. The third-order valence-corrected chi connectivity index (χ3v) is 6.52. The van der Waals surface area contributed by atoms with E-state index in [1.54, 1.807) is 6.20 Å². The van der Waals surface area contributed by atoms with Gasteiger partial charge in [0, 0.05) is 10.7 Å². The van der Waals surface area contributed by atoms with Gasteiger partial charge in [-0.2, -0.15) is 0 Å². The molecule has 0 spiro atoms. The summed E-state index contributed by atoms with van der Waals surface area (Å²) in [5.41, 5.74) is 1.80. The molecule has 6 heteroatoms. The molecule has 1 N–H and O–H groups in total. The van der Waals surface area contributed by atoms with Crippen molar-refractivity contribution in [3.8, 4) is 0 Å². The van der Waals surface area contributed by atoms with Gasteiger partial charge in [0.15, 0.2) is 0 Å². The molecule has 2 aromatic heterocycles. The third kappa shape index (κ3) is 3.88. The molecule has 23 heavy (non-hydrogen) atoms. The number of nitrogens with one attached hydrogen (secondary N) is 1. The lowest BCUT2D eigenvalue weighted by atomic mass is 10.0. The fourth-order valence-corrected chi connectivity index (χ4v) is 4.12. The zero-order chi connectivity index (χ0) is 16.2. The third-order valence-electron chi connectivity index (χ3n) is 3.26. The van der Waals surface area contributed by atoms with Gasteiger partial charge in [0.2, 0.25) is 0 Å². The number of halogens is 2. The van der Waals surface area contributed by atoms with Gasteiger partial charge in [-0.15, -0.1) is 11.3 Å². The predicted molar refractivity (Wildman–Crippen MR) is 99.7 cm³/mol. The van der Waals surface area contributed by atoms with Crippen molar-refractivity contribution in [2.45, 2.75) is 6.04 Å². The number of nitrogens with zero attached hydrogens (tertiary/aromatic N) is 1. The molecule has 1 unspecified atom stereocenters. The van der Waals surface area contributed by atoms with Crippen molar-refractivity contribution in [2.75, 3.05) is 0 Å². The van der Waals surface area contributed by atoms with Crippen LogP contribution >= 0.6 is 43.2 Å². The van der Waals surface area contributed by atoms with E-state index in [-0.39, 0.29) is 11.9 Å². The van der Waals surface area contributed by atoms with Crippen LogP contribution in [0.1, 0.15) is 27.0 Å². The maximum Gasteiger partial charge on any atom is 0.262 e. The summed E-state index contributed by atoms with van der Waals surface area (Å²) < 4.78 is 1.78. The topological polar surface area (TPSA) is 42.0 Å². The van der Waals surface area contributed by atoms with E-state index < -0.39 is 0 Å². The Morgan fingerprint density at radius 1 is 1.09 bits per heavy atom. The Hall–Kier alpha value is -1.50. The van der Waals surface area contributed by atoms with E-state index in [0.717, 1.165) is 19.5 Å². The predicted octanol–water partition coefficient (Wildman–Crippen LogP) is 5.19. The number of aromatic nitrogens is 1. The zero-order valence-electron chi connectivity index (χ0n) is 11.9. The number of amides is 1. The van der Waals surface area contributed by atoms with Gasteiger partial charge in [0.25, 0.3) is 5.91 Å². The molecule has 0 saturated carbocycles. The van der Waals surface area contributed by atoms with E-state index in [1.165, 1.54) is 11.3 Å². The number of benzene rings is 1. The molecule has 116 valence electrons. The summed E-state index contributed by atoms with van der Waals surface area (Å²) in [6.07, 6.45) is 1.73. The van der Waals surface area contributed by atoms with Gasteiger partial charge >= 0.3 is 0 Å². The molecular formula is C17H12Br2N2OS. The Bertz CT molecular complexity index is 747. The number of hydrogen-bond donors (Lipinski definition) is 1. The Labute approximate surface area is 155 Å². The highest BCUT2D eigenvalue weighted by molar-refractivity contribution is 9.13. The summed E-state index contributed by atoms with van der Waals surface area (Å²) in [6.45, 7) is 0. The zero-order valence-corrected chi connectivity index (χ0v) is 15.9. The lowest BCUT2D eigenvalue weighted by Gasteiger charge is -2.18. The Balaban J connectivity index is 1.92. The quantitative estimate of drug-likeness (QED) is 0.593. The first-order valence-electron chi connectivity index (χ1n) is 6.86. The van der Waals surface area contributed by atoms with Crippen molar-refractivity contribution < 1.29 is 4.79 Å². The molecule has 0 aliphatic carbocycles. The minimum absolute atomic E-state index is 0.124. The van der Waals surface area contributed by atoms with Gasteiger partial charge in [0.1, 0.15) is 0 Å². The first-order chi connectivity index (χ1) is 11.1. The minimum Gasteiger partial charge on any atom is -0.339 e. The molecule has 0 saturated heterocycles. The molecule has 3 rings (SSSR count). The molecule has 1 atom stereocenters. The van der Waals surface area contributed by atoms with Crippen LogP contribution in [0.5, 0.6) is 0 Å². The van der Waals surface area contributed by atoms with E-state index in [9.17, 15) is 4.79 Å². The fraction of sp³-hybridized carbons (Fsp3) is 0.0588. The normalized spacial score (nSPS) is 11.9. The summed E-state index contributed by atoms with van der Waals surface area (Å²) in [6, 6.07) is 17.1. The molecule has 0 fully saturated rings. The van der Waals surface area contributed by atoms with Crippen molar-refractivity contribution in [3.63, 3.8) is 0 Å². The highest BCUT2D eigenvalue weighted by Crippen LogP contribution is 2.32. The second-order valence-corrected chi connectivity index (χ2v) is 8.03. The van der Waals surface area contributed by atoms with E-state index in [0.29, 0.717) is 4.88 Å². The van der Waals surface area contributed by atoms with Gasteiger partial charge in [-0.1, -0.05) is 36.4 Å². The number of thiophene rings is 1. The molecule has 0 aliphatic rings. The highest BCUT2D eigenvalue weighted by atomic mass is 79.9. The molecule has 3 nitrogen and oxygen atoms in total. The van der Waals surface area contributed by atoms with Crippen LogP contribution in [-0.4, -0.2) is 10.9 Å². The van der Waals surface area contributed by atoms with Crippen LogP contribution in [0.25, 0.3) is 0 Å². The van der Waals surface area contributed by atoms with Gasteiger partial charge < -0.3 is 5.32 Å². The Kier molecular flexibility index (Phi) is 5.25. The molecule has 3 aromatic rings. The highest BCUT2D eigenvalue weighted by Gasteiger charge is 2.20. The Morgan fingerprint density at radius 3 is 2.43 bits per heavy atom. The van der Waals surface area contributed by atoms with Crippen molar-refractivity contribution >= 4 is 49.1 Å². The van der Waals surface area contributed by atoms with Crippen LogP contribution in [0, 0.1) is 0 Å². The minimum atomic E-state index is -0.287. The fourth-order valence-electron chi connectivity index (χ4n) is 2.18. The van der Waals surface area contributed by atoms with Gasteiger partial charge in [-0.05, 0) is 55.6 Å². The SMILES string of the molecule is O=C(NC(c1ccccc1)c1ccccn1)c1cc(Br)c(Br)s1. The largest absolute Gasteiger partial charge is 0.339 e. The monoisotopic (exact) mass is 450 g/mol. The Morgan fingerprint density at radius 2 is 1.83 bits per heavy atom. The first kappa shape index (κ1) is 16.4. The van der Waals surface area contributed by atoms with Crippen LogP contribution in [-0.2, 0) is 0 Å². The second-order valence-electron chi connectivity index (χ2n) is 4.80. The van der Waals surface area contributed by atoms with Gasteiger partial charge in [-0.3, -0.25) is 9.78 Å². The average molecular weight is 452 g/mol. The van der Waals surface area contributed by atoms with E-state index in [1.807, 2.05) is 54.6 Å². The maximum absolute atomic E-state index is 12.6. The lowest BCUT2D eigenvalue weighted by molar-refractivity contribution is 0.0946. The molecule has 2 heterocycles. The lowest BCUT2D eigenvalue weighted by Crippen LogP contribution is -2.29. The molecule has 0 aliphatic heterocycles. The number of rotatable bonds is 4. The maximum atomic E-state index is 12.6. The van der Waals surface area contributed by atoms with E-state index in [4.69, 9.17) is 0 Å². The van der Waals surface area contributed by atoms with Crippen LogP contribution in [0.15, 0.2) is 69.1 Å². The van der Waals surface area contributed by atoms with Crippen LogP contribution < -0.4 is 5.32 Å². The van der Waals surface area contributed by atoms with Gasteiger partial charge in [0.05, 0.1) is 20.4 Å². The smallest absolute Gasteiger partial charge is 0.262 e. The number of pyridine rings is 1. The van der Waals surface area contributed by atoms with E-state index in [2.05, 4.69) is 42.2 Å². The first-order valence-corrected chi connectivity index (χ1v) is 9.27. The number of carbonyl (C=O) groups is 1. The molecule has 0 bridgehead atoms. The second kappa shape index (κ2) is 7.38. The van der Waals surface area contributed by atoms with Crippen molar-refractivity contribution in [1.82, 2.24) is 10.3 Å². The van der Waals surface area contributed by atoms with Crippen LogP contribution in [0.3, 0.4) is 0 Å². The molecule has 1 amide bonds. The molecular weight excluding hydrogens is 440 g/mol. The molecule has 0 radical (unpaired) electrons. The van der Waals surface area contributed by atoms with Crippen molar-refractivity contribution in [3.05, 3.63) is 85.2 Å². The summed E-state index contributed by atoms with van der Waals surface area (Å²) in [4.78, 5) is 17.6. The average Bonchev–Trinajstić information content (AvgIpc) is 2.93. The standard InChI is InChI=1S/C17H12Br2N2OS/c18-12-10-14(23-16(12)19)17(22)21-15(11-6-2-1-3-7-11)13-8-4-5-9-20-13/h1-10,15H,(H,21,22). The van der Waals surface area contributed by atoms with Gasteiger partial charge in [-0.25, -0.2) is 0 Å². The number of carbonyl (C=O) groups excluding carboxylic acids is 1. The summed E-state index contributed by atoms with van der Waals surface area (Å²) in [5, 5.41) is 3.07. The van der Waals surface area contributed by atoms with Crippen molar-refractivity contribution in [2.24, 2.45) is 0 Å². The van der Waals surface area contributed by atoms with Crippen LogP contribution in [0.2, 0.25) is 0 Å². The van der Waals surface area contributed by atoms with Crippen molar-refractivity contribution in [1.29, 1.82) is 0 Å². The summed E-state index contributed by atoms with van der Waals surface area (Å²) in [5.74, 6) is -0.124. The number of hydrogen-bond acceptors (Lipinski definition) is 3. The summed E-state index contributed by atoms with van der Waals surface area (Å²) in [7, 11) is 0. The van der Waals surface area contributed by atoms with E-state index >= 15 is 0 Å². The van der Waals surface area contributed by atoms with Crippen LogP contribution in [0.4, 0.5) is 0 Å².